The van der Waals surface area contributed by atoms with Crippen molar-refractivity contribution in [3.63, 3.8) is 0 Å². The normalized spacial score (nSPS) is 25.0. The van der Waals surface area contributed by atoms with Gasteiger partial charge >= 0.3 is 0 Å². The Morgan fingerprint density at radius 1 is 1.29 bits per heavy atom. The van der Waals surface area contributed by atoms with E-state index in [1.165, 1.54) is 11.1 Å². The van der Waals surface area contributed by atoms with Gasteiger partial charge in [0.1, 0.15) is 0 Å². The summed E-state index contributed by atoms with van der Waals surface area (Å²) in [5, 5.41) is 2.89. The van der Waals surface area contributed by atoms with Crippen molar-refractivity contribution in [1.82, 2.24) is 10.2 Å². The van der Waals surface area contributed by atoms with Crippen molar-refractivity contribution in [2.75, 3.05) is 24.6 Å². The monoisotopic (exact) mass is 348 g/mol. The van der Waals surface area contributed by atoms with Gasteiger partial charge in [-0.15, -0.1) is 0 Å². The fourth-order valence-corrected chi connectivity index (χ4v) is 5.02. The number of benzene rings is 1. The lowest BCUT2D eigenvalue weighted by molar-refractivity contribution is -0.126. The average molecular weight is 348 g/mol. The quantitative estimate of drug-likeness (QED) is 0.895. The lowest BCUT2D eigenvalue weighted by Crippen LogP contribution is -2.49. The molecule has 0 aliphatic carbocycles. The molecule has 130 valence electrons. The summed E-state index contributed by atoms with van der Waals surface area (Å²) in [6, 6.07) is 9.82. The Hall–Kier alpha value is -1.66. The van der Waals surface area contributed by atoms with Crippen molar-refractivity contribution >= 4 is 21.3 Å². The van der Waals surface area contributed by atoms with Gasteiger partial charge in [-0.25, -0.2) is 8.42 Å². The van der Waals surface area contributed by atoms with E-state index in [1.807, 2.05) is 25.1 Å². The molecule has 0 radical (unpaired) electrons. The van der Waals surface area contributed by atoms with Crippen molar-refractivity contribution in [1.29, 1.82) is 0 Å². The third-order valence-corrected chi connectivity index (χ3v) is 6.66. The molecule has 1 fully saturated rings. The lowest BCUT2D eigenvalue weighted by Gasteiger charge is -2.31. The largest absolute Gasteiger partial charge is 0.351 e. The summed E-state index contributed by atoms with van der Waals surface area (Å²) in [5.74, 6) is 0.177. The number of carbonyl (C=O) groups excluding carboxylic acids is 1. The molecule has 2 aliphatic rings. The summed E-state index contributed by atoms with van der Waals surface area (Å²) in [7, 11) is -2.97. The summed E-state index contributed by atoms with van der Waals surface area (Å²) in [5.41, 5.74) is 2.56. The maximum absolute atomic E-state index is 12.4. The Balaban J connectivity index is 1.56. The molecule has 1 amide bonds. The summed E-state index contributed by atoms with van der Waals surface area (Å²) in [6.07, 6.45) is 3.63. The van der Waals surface area contributed by atoms with Gasteiger partial charge < -0.3 is 5.32 Å². The fourth-order valence-electron chi connectivity index (χ4n) is 3.35. The zero-order chi connectivity index (χ0) is 17.2. The van der Waals surface area contributed by atoms with E-state index in [0.717, 1.165) is 19.5 Å². The Morgan fingerprint density at radius 2 is 2.04 bits per heavy atom. The molecule has 1 N–H and O–H groups in total. The highest BCUT2D eigenvalue weighted by atomic mass is 32.2. The van der Waals surface area contributed by atoms with Crippen LogP contribution < -0.4 is 5.32 Å². The van der Waals surface area contributed by atoms with Gasteiger partial charge in [0, 0.05) is 19.1 Å². The maximum atomic E-state index is 12.4. The third-order valence-electron chi connectivity index (χ3n) is 4.89. The Labute approximate surface area is 143 Å². The van der Waals surface area contributed by atoms with E-state index in [0.29, 0.717) is 6.42 Å². The molecule has 0 bridgehead atoms. The van der Waals surface area contributed by atoms with E-state index >= 15 is 0 Å². The second-order valence-corrected chi connectivity index (χ2v) is 8.85. The topological polar surface area (TPSA) is 66.5 Å². The number of hydrogen-bond acceptors (Lipinski definition) is 4. The number of hydrogen-bond donors (Lipinski definition) is 1. The van der Waals surface area contributed by atoms with Gasteiger partial charge in [-0.2, -0.15) is 0 Å². The molecule has 5 nitrogen and oxygen atoms in total. The number of sulfone groups is 1. The maximum Gasteiger partial charge on any atom is 0.237 e. The van der Waals surface area contributed by atoms with E-state index in [9.17, 15) is 13.2 Å². The van der Waals surface area contributed by atoms with Crippen molar-refractivity contribution in [2.45, 2.75) is 31.8 Å². The first-order valence-corrected chi connectivity index (χ1v) is 10.3. The molecule has 0 spiro atoms. The molecule has 1 saturated heterocycles. The van der Waals surface area contributed by atoms with Crippen LogP contribution in [-0.2, 0) is 14.6 Å². The zero-order valence-corrected chi connectivity index (χ0v) is 14.8. The second-order valence-electron chi connectivity index (χ2n) is 6.62. The van der Waals surface area contributed by atoms with E-state index in [2.05, 4.69) is 28.4 Å². The van der Waals surface area contributed by atoms with Gasteiger partial charge in [-0.05, 0) is 30.9 Å². The molecular formula is C18H24N2O3S. The molecule has 3 rings (SSSR count). The molecule has 24 heavy (non-hydrogen) atoms. The summed E-state index contributed by atoms with van der Waals surface area (Å²) >= 11 is 0. The van der Waals surface area contributed by atoms with E-state index in [4.69, 9.17) is 0 Å². The minimum absolute atomic E-state index is 0.0729. The van der Waals surface area contributed by atoms with Crippen LogP contribution in [0.15, 0.2) is 36.4 Å². The van der Waals surface area contributed by atoms with Crippen LogP contribution in [0.4, 0.5) is 0 Å². The minimum atomic E-state index is -2.97. The van der Waals surface area contributed by atoms with Crippen LogP contribution in [0.5, 0.6) is 0 Å². The number of carbonyl (C=O) groups is 1. The molecular weight excluding hydrogens is 324 g/mol. The average Bonchev–Trinajstić information content (AvgIpc) is 2.93. The molecule has 0 aromatic heterocycles. The summed E-state index contributed by atoms with van der Waals surface area (Å²) in [4.78, 5) is 14.5. The van der Waals surface area contributed by atoms with Gasteiger partial charge in [0.2, 0.25) is 5.91 Å². The Kier molecular flexibility index (Phi) is 5.06. The van der Waals surface area contributed by atoms with Crippen LogP contribution in [0.2, 0.25) is 0 Å². The molecule has 0 unspecified atom stereocenters. The standard InChI is InChI=1S/C18H24N2O3S/c1-14(18(21)19-17-9-12-24(22,23)13-17)20-10-7-16(8-11-20)15-5-3-2-4-6-15/h2-7,14,17H,8-13H2,1H3,(H,19,21)/t14-,17-/m0/s1. The number of nitrogens with zero attached hydrogens (tertiary/aromatic N) is 1. The molecule has 2 aliphatic heterocycles. The van der Waals surface area contributed by atoms with Crippen molar-refractivity contribution < 1.29 is 13.2 Å². The SMILES string of the molecule is C[C@@H](C(=O)N[C@H]1CCS(=O)(=O)C1)N1CC=C(c2ccccc2)CC1. The van der Waals surface area contributed by atoms with E-state index < -0.39 is 9.84 Å². The van der Waals surface area contributed by atoms with Crippen molar-refractivity contribution in [3.05, 3.63) is 42.0 Å². The highest BCUT2D eigenvalue weighted by molar-refractivity contribution is 7.91. The van der Waals surface area contributed by atoms with Crippen LogP contribution in [0, 0.1) is 0 Å². The first kappa shape index (κ1) is 17.2. The number of rotatable bonds is 4. The van der Waals surface area contributed by atoms with Gasteiger partial charge in [0.15, 0.2) is 9.84 Å². The predicted octanol–water partition coefficient (Wildman–Crippen LogP) is 1.47. The fraction of sp³-hybridized carbons (Fsp3) is 0.500. The minimum Gasteiger partial charge on any atom is -0.351 e. The van der Waals surface area contributed by atoms with E-state index in [-0.39, 0.29) is 29.5 Å². The first-order valence-electron chi connectivity index (χ1n) is 8.44. The summed E-state index contributed by atoms with van der Waals surface area (Å²) < 4.78 is 23.0. The molecule has 0 saturated carbocycles. The van der Waals surface area contributed by atoms with Crippen LogP contribution >= 0.6 is 0 Å². The Bertz CT molecular complexity index is 728. The van der Waals surface area contributed by atoms with Crippen LogP contribution in [-0.4, -0.2) is 55.9 Å². The van der Waals surface area contributed by atoms with Gasteiger partial charge in [0.25, 0.3) is 0 Å². The smallest absolute Gasteiger partial charge is 0.237 e. The predicted molar refractivity (Wildman–Crippen MR) is 95.3 cm³/mol. The van der Waals surface area contributed by atoms with Gasteiger partial charge in [-0.1, -0.05) is 36.4 Å². The van der Waals surface area contributed by atoms with Crippen molar-refractivity contribution in [3.8, 4) is 0 Å². The van der Waals surface area contributed by atoms with Crippen molar-refractivity contribution in [2.24, 2.45) is 0 Å². The van der Waals surface area contributed by atoms with Gasteiger partial charge in [-0.3, -0.25) is 9.69 Å². The lowest BCUT2D eigenvalue weighted by atomic mass is 9.99. The first-order chi connectivity index (χ1) is 11.4. The molecule has 2 atom stereocenters. The van der Waals surface area contributed by atoms with Crippen LogP contribution in [0.3, 0.4) is 0 Å². The highest BCUT2D eigenvalue weighted by Crippen LogP contribution is 2.23. The zero-order valence-electron chi connectivity index (χ0n) is 13.9. The second kappa shape index (κ2) is 7.07. The van der Waals surface area contributed by atoms with Crippen LogP contribution in [0.25, 0.3) is 5.57 Å². The molecule has 2 heterocycles. The third kappa shape index (κ3) is 4.05. The summed E-state index contributed by atoms with van der Waals surface area (Å²) in [6.45, 7) is 3.46. The number of nitrogens with one attached hydrogen (secondary N) is 1. The van der Waals surface area contributed by atoms with Crippen LogP contribution in [0.1, 0.15) is 25.3 Å². The highest BCUT2D eigenvalue weighted by Gasteiger charge is 2.31. The van der Waals surface area contributed by atoms with E-state index in [1.54, 1.807) is 0 Å². The molecule has 6 heteroatoms. The molecule has 1 aromatic carbocycles. The Morgan fingerprint density at radius 3 is 2.62 bits per heavy atom. The molecule has 1 aromatic rings. The van der Waals surface area contributed by atoms with Gasteiger partial charge in [0.05, 0.1) is 17.5 Å². The number of amides is 1.